The summed E-state index contributed by atoms with van der Waals surface area (Å²) in [5.41, 5.74) is 0.304. The van der Waals surface area contributed by atoms with Crippen LogP contribution in [-0.4, -0.2) is 43.6 Å². The van der Waals surface area contributed by atoms with Gasteiger partial charge in [-0.2, -0.15) is 0 Å². The average Bonchev–Trinajstić information content (AvgIpc) is 2.41. The van der Waals surface area contributed by atoms with Crippen molar-refractivity contribution in [1.82, 2.24) is 10.2 Å². The van der Waals surface area contributed by atoms with Gasteiger partial charge >= 0.3 is 0 Å². The number of rotatable bonds is 3. The molecular formula is C13H18ClFN2O2. The highest BCUT2D eigenvalue weighted by Crippen LogP contribution is 2.24. The van der Waals surface area contributed by atoms with Gasteiger partial charge in [-0.3, -0.25) is 4.79 Å². The smallest absolute Gasteiger partial charge is 0.257 e. The van der Waals surface area contributed by atoms with Gasteiger partial charge in [-0.05, 0) is 19.1 Å². The summed E-state index contributed by atoms with van der Waals surface area (Å²) in [6, 6.07) is 4.45. The summed E-state index contributed by atoms with van der Waals surface area (Å²) in [4.78, 5) is 14.0. The van der Waals surface area contributed by atoms with Crippen LogP contribution < -0.4 is 10.1 Å². The minimum atomic E-state index is -0.488. The van der Waals surface area contributed by atoms with Crippen LogP contribution in [-0.2, 0) is 0 Å². The van der Waals surface area contributed by atoms with Crippen LogP contribution in [0, 0.1) is 5.82 Å². The van der Waals surface area contributed by atoms with Crippen molar-refractivity contribution in [3.8, 4) is 5.75 Å². The molecule has 0 bridgehead atoms. The molecule has 0 atom stereocenters. The minimum Gasteiger partial charge on any atom is -0.490 e. The Morgan fingerprint density at radius 3 is 2.74 bits per heavy atom. The fraction of sp³-hybridized carbons (Fsp3) is 0.462. The number of carbonyl (C=O) groups is 1. The van der Waals surface area contributed by atoms with Gasteiger partial charge in [0.05, 0.1) is 12.2 Å². The third-order valence-electron chi connectivity index (χ3n) is 2.89. The Morgan fingerprint density at radius 2 is 2.11 bits per heavy atom. The number of hydrogen-bond donors (Lipinski definition) is 1. The number of para-hydroxylation sites is 1. The van der Waals surface area contributed by atoms with Crippen molar-refractivity contribution < 1.29 is 13.9 Å². The van der Waals surface area contributed by atoms with Gasteiger partial charge in [-0.15, -0.1) is 12.4 Å². The zero-order valence-electron chi connectivity index (χ0n) is 10.8. The second-order valence-corrected chi connectivity index (χ2v) is 4.09. The number of amides is 1. The molecule has 0 unspecified atom stereocenters. The number of nitrogens with zero attached hydrogens (tertiary/aromatic N) is 1. The largest absolute Gasteiger partial charge is 0.490 e. The Kier molecular flexibility index (Phi) is 6.05. The van der Waals surface area contributed by atoms with Crippen LogP contribution in [0.1, 0.15) is 17.3 Å². The van der Waals surface area contributed by atoms with E-state index in [1.165, 1.54) is 12.1 Å². The van der Waals surface area contributed by atoms with Gasteiger partial charge in [0.15, 0.2) is 11.6 Å². The Balaban J connectivity index is 0.00000180. The van der Waals surface area contributed by atoms with E-state index in [2.05, 4.69) is 5.32 Å². The lowest BCUT2D eigenvalue weighted by Crippen LogP contribution is -2.46. The van der Waals surface area contributed by atoms with E-state index in [-0.39, 0.29) is 24.1 Å². The van der Waals surface area contributed by atoms with E-state index < -0.39 is 5.82 Å². The van der Waals surface area contributed by atoms with Gasteiger partial charge in [0.1, 0.15) is 0 Å². The molecule has 19 heavy (non-hydrogen) atoms. The lowest BCUT2D eigenvalue weighted by Gasteiger charge is -2.28. The van der Waals surface area contributed by atoms with E-state index in [4.69, 9.17) is 4.74 Å². The van der Waals surface area contributed by atoms with Crippen LogP contribution in [0.15, 0.2) is 18.2 Å². The predicted molar refractivity (Wildman–Crippen MR) is 73.6 cm³/mol. The van der Waals surface area contributed by atoms with Crippen LogP contribution in [0.3, 0.4) is 0 Å². The third-order valence-corrected chi connectivity index (χ3v) is 2.89. The molecule has 1 heterocycles. The van der Waals surface area contributed by atoms with E-state index in [1.54, 1.807) is 17.9 Å². The summed E-state index contributed by atoms with van der Waals surface area (Å²) in [6.07, 6.45) is 0. The van der Waals surface area contributed by atoms with Gasteiger partial charge in [0.25, 0.3) is 5.91 Å². The highest BCUT2D eigenvalue weighted by atomic mass is 35.5. The summed E-state index contributed by atoms with van der Waals surface area (Å²) in [6.45, 7) is 4.92. The molecule has 106 valence electrons. The maximum absolute atomic E-state index is 13.7. The number of hydrogen-bond acceptors (Lipinski definition) is 3. The van der Waals surface area contributed by atoms with E-state index in [1.807, 2.05) is 0 Å². The zero-order valence-corrected chi connectivity index (χ0v) is 11.6. The van der Waals surface area contributed by atoms with Crippen molar-refractivity contribution in [2.45, 2.75) is 6.92 Å². The fourth-order valence-electron chi connectivity index (χ4n) is 2.01. The molecule has 0 radical (unpaired) electrons. The molecule has 1 fully saturated rings. The van der Waals surface area contributed by atoms with Gasteiger partial charge in [-0.1, -0.05) is 6.07 Å². The summed E-state index contributed by atoms with van der Waals surface area (Å²) >= 11 is 0. The molecule has 1 N–H and O–H groups in total. The monoisotopic (exact) mass is 288 g/mol. The topological polar surface area (TPSA) is 41.6 Å². The first kappa shape index (κ1) is 15.7. The van der Waals surface area contributed by atoms with E-state index in [0.29, 0.717) is 25.3 Å². The van der Waals surface area contributed by atoms with E-state index in [0.717, 1.165) is 13.1 Å². The first-order valence-corrected chi connectivity index (χ1v) is 6.15. The van der Waals surface area contributed by atoms with Crippen molar-refractivity contribution in [1.29, 1.82) is 0 Å². The van der Waals surface area contributed by atoms with Crippen molar-refractivity contribution in [3.05, 3.63) is 29.6 Å². The number of nitrogens with one attached hydrogen (secondary N) is 1. The molecule has 6 heteroatoms. The van der Waals surface area contributed by atoms with Crippen LogP contribution in [0.5, 0.6) is 5.75 Å². The molecule has 0 saturated carbocycles. The molecule has 4 nitrogen and oxygen atoms in total. The van der Waals surface area contributed by atoms with Crippen molar-refractivity contribution in [2.24, 2.45) is 0 Å². The van der Waals surface area contributed by atoms with Gasteiger partial charge in [-0.25, -0.2) is 4.39 Å². The normalized spacial score (nSPS) is 14.7. The molecule has 1 amide bonds. The highest BCUT2D eigenvalue weighted by Gasteiger charge is 2.22. The average molecular weight is 289 g/mol. The summed E-state index contributed by atoms with van der Waals surface area (Å²) in [7, 11) is 0. The minimum absolute atomic E-state index is 0. The SMILES string of the molecule is CCOc1c(F)cccc1C(=O)N1CCNCC1.Cl. The zero-order chi connectivity index (χ0) is 13.0. The maximum atomic E-state index is 13.7. The molecule has 1 aromatic carbocycles. The molecule has 0 aromatic heterocycles. The Hall–Kier alpha value is -1.33. The number of ether oxygens (including phenoxy) is 1. The van der Waals surface area contributed by atoms with Crippen molar-refractivity contribution >= 4 is 18.3 Å². The second-order valence-electron chi connectivity index (χ2n) is 4.09. The predicted octanol–water partition coefficient (Wildman–Crippen LogP) is 1.69. The molecule has 1 aliphatic heterocycles. The molecule has 1 aromatic rings. The molecule has 1 aliphatic rings. The molecular weight excluding hydrogens is 271 g/mol. The number of halogens is 2. The van der Waals surface area contributed by atoms with Crippen LogP contribution in [0.2, 0.25) is 0 Å². The van der Waals surface area contributed by atoms with Crippen LogP contribution in [0.25, 0.3) is 0 Å². The lowest BCUT2D eigenvalue weighted by molar-refractivity contribution is 0.0730. The number of carbonyl (C=O) groups excluding carboxylic acids is 1. The molecule has 0 aliphatic carbocycles. The van der Waals surface area contributed by atoms with E-state index in [9.17, 15) is 9.18 Å². The molecule has 1 saturated heterocycles. The second kappa shape index (κ2) is 7.31. The standard InChI is InChI=1S/C13H17FN2O2.ClH/c1-2-18-12-10(4-3-5-11(12)14)13(17)16-8-6-15-7-9-16;/h3-5,15H,2,6-9H2,1H3;1H. The van der Waals surface area contributed by atoms with Gasteiger partial charge in [0, 0.05) is 26.2 Å². The number of piperazine rings is 1. The first-order valence-electron chi connectivity index (χ1n) is 6.15. The fourth-order valence-corrected chi connectivity index (χ4v) is 2.01. The first-order chi connectivity index (χ1) is 8.74. The summed E-state index contributed by atoms with van der Waals surface area (Å²) in [5.74, 6) is -0.596. The van der Waals surface area contributed by atoms with Gasteiger partial charge < -0.3 is 15.0 Å². The Labute approximate surface area is 118 Å². The van der Waals surface area contributed by atoms with Crippen LogP contribution >= 0.6 is 12.4 Å². The molecule has 0 spiro atoms. The van der Waals surface area contributed by atoms with Crippen LogP contribution in [0.4, 0.5) is 4.39 Å². The van der Waals surface area contributed by atoms with E-state index >= 15 is 0 Å². The highest BCUT2D eigenvalue weighted by molar-refractivity contribution is 5.97. The summed E-state index contributed by atoms with van der Waals surface area (Å²) in [5, 5.41) is 3.17. The van der Waals surface area contributed by atoms with Crippen molar-refractivity contribution in [2.75, 3.05) is 32.8 Å². The van der Waals surface area contributed by atoms with Gasteiger partial charge in [0.2, 0.25) is 0 Å². The Bertz CT molecular complexity index is 437. The Morgan fingerprint density at radius 1 is 1.42 bits per heavy atom. The third kappa shape index (κ3) is 3.58. The molecule has 2 rings (SSSR count). The number of benzene rings is 1. The quantitative estimate of drug-likeness (QED) is 0.920. The lowest BCUT2D eigenvalue weighted by atomic mass is 10.1. The maximum Gasteiger partial charge on any atom is 0.257 e. The van der Waals surface area contributed by atoms with Crippen molar-refractivity contribution in [3.63, 3.8) is 0 Å². The summed E-state index contributed by atoms with van der Waals surface area (Å²) < 4.78 is 18.9.